The number of methoxy groups -OCH3 is 1. The lowest BCUT2D eigenvalue weighted by Gasteiger charge is -2.05. The Balaban J connectivity index is 1.78. The first kappa shape index (κ1) is 12.9. The molecule has 20 heavy (non-hydrogen) atoms. The normalized spacial score (nSPS) is 20.5. The summed E-state index contributed by atoms with van der Waals surface area (Å²) < 4.78 is 18.8. The standard InChI is InChI=1S/C17H15FO2/c1-20-12-7-8-13(16(18)9-12)17(19)15-10-14(15)11-5-3-2-4-6-11/h2-9,14-15H,10H2,1H3. The molecular weight excluding hydrogens is 255 g/mol. The second-order valence-electron chi connectivity index (χ2n) is 5.07. The first-order valence-corrected chi connectivity index (χ1v) is 6.63. The van der Waals surface area contributed by atoms with Crippen LogP contribution in [0.5, 0.6) is 5.75 Å². The van der Waals surface area contributed by atoms with E-state index >= 15 is 0 Å². The van der Waals surface area contributed by atoms with Crippen LogP contribution in [0.3, 0.4) is 0 Å². The van der Waals surface area contributed by atoms with Crippen molar-refractivity contribution < 1.29 is 13.9 Å². The maximum atomic E-state index is 13.9. The van der Waals surface area contributed by atoms with Gasteiger partial charge in [-0.05, 0) is 30.0 Å². The maximum Gasteiger partial charge on any atom is 0.169 e. The Hall–Kier alpha value is -2.16. The minimum atomic E-state index is -0.506. The average Bonchev–Trinajstić information content (AvgIpc) is 3.28. The third kappa shape index (κ3) is 2.31. The highest BCUT2D eigenvalue weighted by Crippen LogP contribution is 2.49. The maximum absolute atomic E-state index is 13.9. The van der Waals surface area contributed by atoms with Crippen LogP contribution >= 0.6 is 0 Å². The molecule has 0 spiro atoms. The van der Waals surface area contributed by atoms with Crippen molar-refractivity contribution in [3.05, 3.63) is 65.5 Å². The molecule has 0 N–H and O–H groups in total. The lowest BCUT2D eigenvalue weighted by molar-refractivity contribution is 0.0961. The van der Waals surface area contributed by atoms with Crippen molar-refractivity contribution in [2.45, 2.75) is 12.3 Å². The summed E-state index contributed by atoms with van der Waals surface area (Å²) in [6.07, 6.45) is 0.800. The monoisotopic (exact) mass is 270 g/mol. The molecule has 3 heteroatoms. The van der Waals surface area contributed by atoms with Gasteiger partial charge in [0.2, 0.25) is 0 Å². The number of carbonyl (C=O) groups is 1. The summed E-state index contributed by atoms with van der Waals surface area (Å²) in [5.74, 6) is -0.0629. The van der Waals surface area contributed by atoms with Gasteiger partial charge in [0.1, 0.15) is 11.6 Å². The molecule has 2 aromatic carbocycles. The first-order chi connectivity index (χ1) is 9.70. The summed E-state index contributed by atoms with van der Waals surface area (Å²) in [6, 6.07) is 14.3. The second-order valence-corrected chi connectivity index (χ2v) is 5.07. The highest BCUT2D eigenvalue weighted by Gasteiger charge is 2.44. The largest absolute Gasteiger partial charge is 0.497 e. The van der Waals surface area contributed by atoms with E-state index in [0.29, 0.717) is 5.75 Å². The molecule has 1 saturated carbocycles. The van der Waals surface area contributed by atoms with Crippen LogP contribution in [0.15, 0.2) is 48.5 Å². The number of rotatable bonds is 4. The molecule has 0 aliphatic heterocycles. The molecule has 0 amide bonds. The number of halogens is 1. The van der Waals surface area contributed by atoms with Crippen LogP contribution in [0.2, 0.25) is 0 Å². The van der Waals surface area contributed by atoms with Crippen molar-refractivity contribution >= 4 is 5.78 Å². The Bertz CT molecular complexity index is 637. The first-order valence-electron chi connectivity index (χ1n) is 6.63. The second kappa shape index (κ2) is 5.08. The molecule has 1 aliphatic carbocycles. The molecular formula is C17H15FO2. The lowest BCUT2D eigenvalue weighted by atomic mass is 10.0. The molecule has 2 aromatic rings. The van der Waals surface area contributed by atoms with E-state index in [4.69, 9.17) is 4.74 Å². The van der Waals surface area contributed by atoms with Crippen molar-refractivity contribution in [2.24, 2.45) is 5.92 Å². The van der Waals surface area contributed by atoms with Crippen molar-refractivity contribution in [3.63, 3.8) is 0 Å². The summed E-state index contributed by atoms with van der Waals surface area (Å²) in [4.78, 5) is 12.3. The van der Waals surface area contributed by atoms with Crippen LogP contribution in [-0.2, 0) is 0 Å². The SMILES string of the molecule is COc1ccc(C(=O)C2CC2c2ccccc2)c(F)c1. The molecule has 3 rings (SSSR count). The zero-order valence-electron chi connectivity index (χ0n) is 11.2. The lowest BCUT2D eigenvalue weighted by Crippen LogP contribution is -2.06. The Kier molecular flexibility index (Phi) is 3.26. The Morgan fingerprint density at radius 1 is 1.20 bits per heavy atom. The molecule has 2 nitrogen and oxygen atoms in total. The Labute approximate surface area is 117 Å². The molecule has 0 bridgehead atoms. The fourth-order valence-electron chi connectivity index (χ4n) is 2.58. The number of hydrogen-bond donors (Lipinski definition) is 0. The van der Waals surface area contributed by atoms with E-state index in [1.807, 2.05) is 30.3 Å². The van der Waals surface area contributed by atoms with E-state index in [1.54, 1.807) is 6.07 Å². The number of hydrogen-bond acceptors (Lipinski definition) is 2. The van der Waals surface area contributed by atoms with Crippen molar-refractivity contribution in [2.75, 3.05) is 7.11 Å². The van der Waals surface area contributed by atoms with Crippen LogP contribution in [-0.4, -0.2) is 12.9 Å². The van der Waals surface area contributed by atoms with Crippen LogP contribution in [0.25, 0.3) is 0 Å². The summed E-state index contributed by atoms with van der Waals surface area (Å²) in [5.41, 5.74) is 1.31. The van der Waals surface area contributed by atoms with Crippen LogP contribution < -0.4 is 4.74 Å². The average molecular weight is 270 g/mol. The van der Waals surface area contributed by atoms with Gasteiger partial charge in [0, 0.05) is 12.0 Å². The number of ketones is 1. The summed E-state index contributed by atoms with van der Waals surface area (Å²) in [7, 11) is 1.47. The van der Waals surface area contributed by atoms with Gasteiger partial charge in [-0.25, -0.2) is 4.39 Å². The number of ether oxygens (including phenoxy) is 1. The van der Waals surface area contributed by atoms with Crippen LogP contribution in [0, 0.1) is 11.7 Å². The zero-order valence-corrected chi connectivity index (χ0v) is 11.2. The van der Waals surface area contributed by atoms with E-state index in [9.17, 15) is 9.18 Å². The minimum absolute atomic E-state index is 0.0969. The van der Waals surface area contributed by atoms with Gasteiger partial charge < -0.3 is 4.74 Å². The predicted octanol–water partition coefficient (Wildman–Crippen LogP) is 3.82. The minimum Gasteiger partial charge on any atom is -0.497 e. The highest BCUT2D eigenvalue weighted by molar-refractivity contribution is 6.00. The van der Waals surface area contributed by atoms with Gasteiger partial charge in [0.05, 0.1) is 12.7 Å². The van der Waals surface area contributed by atoms with Gasteiger partial charge >= 0.3 is 0 Å². The number of benzene rings is 2. The molecule has 1 fully saturated rings. The number of Topliss-reactive ketones (excluding diaryl/α,β-unsaturated/α-hetero) is 1. The molecule has 0 heterocycles. The van der Waals surface area contributed by atoms with E-state index in [-0.39, 0.29) is 23.2 Å². The summed E-state index contributed by atoms with van der Waals surface area (Å²) in [5, 5.41) is 0. The van der Waals surface area contributed by atoms with E-state index in [1.165, 1.54) is 19.2 Å². The number of carbonyl (C=O) groups excluding carboxylic acids is 1. The van der Waals surface area contributed by atoms with Gasteiger partial charge in [0.25, 0.3) is 0 Å². The van der Waals surface area contributed by atoms with Crippen LogP contribution in [0.4, 0.5) is 4.39 Å². The molecule has 2 atom stereocenters. The van der Waals surface area contributed by atoms with E-state index in [2.05, 4.69) is 0 Å². The quantitative estimate of drug-likeness (QED) is 0.789. The van der Waals surface area contributed by atoms with E-state index in [0.717, 1.165) is 12.0 Å². The molecule has 0 radical (unpaired) electrons. The molecule has 1 aliphatic rings. The fourth-order valence-corrected chi connectivity index (χ4v) is 2.58. The predicted molar refractivity (Wildman–Crippen MR) is 74.6 cm³/mol. The molecule has 0 aromatic heterocycles. The van der Waals surface area contributed by atoms with Gasteiger partial charge in [0.15, 0.2) is 5.78 Å². The van der Waals surface area contributed by atoms with Gasteiger partial charge in [-0.2, -0.15) is 0 Å². The highest BCUT2D eigenvalue weighted by atomic mass is 19.1. The smallest absolute Gasteiger partial charge is 0.169 e. The van der Waals surface area contributed by atoms with Crippen molar-refractivity contribution in [1.29, 1.82) is 0 Å². The fraction of sp³-hybridized carbons (Fsp3) is 0.235. The van der Waals surface area contributed by atoms with Gasteiger partial charge in [-0.3, -0.25) is 4.79 Å². The summed E-state index contributed by atoms with van der Waals surface area (Å²) in [6.45, 7) is 0. The van der Waals surface area contributed by atoms with Gasteiger partial charge in [-0.1, -0.05) is 30.3 Å². The molecule has 0 saturated heterocycles. The Morgan fingerprint density at radius 3 is 2.60 bits per heavy atom. The van der Waals surface area contributed by atoms with Crippen molar-refractivity contribution in [1.82, 2.24) is 0 Å². The third-order valence-electron chi connectivity index (χ3n) is 3.80. The van der Waals surface area contributed by atoms with Gasteiger partial charge in [-0.15, -0.1) is 0 Å². The van der Waals surface area contributed by atoms with Crippen LogP contribution in [0.1, 0.15) is 28.3 Å². The molecule has 102 valence electrons. The third-order valence-corrected chi connectivity index (χ3v) is 3.80. The van der Waals surface area contributed by atoms with E-state index < -0.39 is 5.82 Å². The van der Waals surface area contributed by atoms with Crippen molar-refractivity contribution in [3.8, 4) is 5.75 Å². The Morgan fingerprint density at radius 2 is 1.95 bits per heavy atom. The molecule has 2 unspecified atom stereocenters. The zero-order chi connectivity index (χ0) is 14.1. The topological polar surface area (TPSA) is 26.3 Å². The summed E-state index contributed by atoms with van der Waals surface area (Å²) >= 11 is 0.